The van der Waals surface area contributed by atoms with Gasteiger partial charge in [-0.15, -0.1) is 0 Å². The van der Waals surface area contributed by atoms with E-state index >= 15 is 0 Å². The molecule has 18 heavy (non-hydrogen) atoms. The Morgan fingerprint density at radius 1 is 1.22 bits per heavy atom. The first kappa shape index (κ1) is 13.1. The van der Waals surface area contributed by atoms with Crippen LogP contribution in [-0.2, 0) is 0 Å². The van der Waals surface area contributed by atoms with Crippen molar-refractivity contribution in [2.45, 2.75) is 51.5 Å². The van der Waals surface area contributed by atoms with Crippen molar-refractivity contribution in [3.63, 3.8) is 0 Å². The van der Waals surface area contributed by atoms with Crippen LogP contribution in [0, 0.1) is 5.92 Å². The van der Waals surface area contributed by atoms with E-state index in [2.05, 4.69) is 22.2 Å². The van der Waals surface area contributed by atoms with Gasteiger partial charge in [0.05, 0.1) is 19.5 Å². The highest BCUT2D eigenvalue weighted by Gasteiger charge is 2.20. The Morgan fingerprint density at radius 3 is 2.44 bits per heavy atom. The van der Waals surface area contributed by atoms with Gasteiger partial charge in [0.2, 0.25) is 5.95 Å². The van der Waals surface area contributed by atoms with Gasteiger partial charge < -0.3 is 10.1 Å². The first-order chi connectivity index (χ1) is 8.81. The zero-order valence-electron chi connectivity index (χ0n) is 11.4. The lowest BCUT2D eigenvalue weighted by atomic mass is 9.83. The second-order valence-corrected chi connectivity index (χ2v) is 5.10. The lowest BCUT2D eigenvalue weighted by Crippen LogP contribution is -2.26. The molecule has 0 aromatic carbocycles. The topological polar surface area (TPSA) is 47.0 Å². The molecular weight excluding hydrogens is 226 g/mol. The van der Waals surface area contributed by atoms with E-state index in [1.807, 2.05) is 0 Å². The van der Waals surface area contributed by atoms with Gasteiger partial charge in [-0.25, -0.2) is 9.97 Å². The molecule has 0 saturated heterocycles. The summed E-state index contributed by atoms with van der Waals surface area (Å²) in [6.07, 6.45) is 11.2. The molecule has 0 amide bonds. The Bertz CT molecular complexity index is 345. The fourth-order valence-corrected chi connectivity index (χ4v) is 2.68. The zero-order chi connectivity index (χ0) is 12.8. The molecule has 0 atom stereocenters. The number of methoxy groups -OCH3 is 1. The number of nitrogens with one attached hydrogen (secondary N) is 1. The summed E-state index contributed by atoms with van der Waals surface area (Å²) >= 11 is 0. The molecule has 1 aliphatic rings. The molecule has 1 heterocycles. The van der Waals surface area contributed by atoms with Gasteiger partial charge in [0.15, 0.2) is 5.75 Å². The molecule has 4 nitrogen and oxygen atoms in total. The van der Waals surface area contributed by atoms with Crippen LogP contribution in [0.5, 0.6) is 5.75 Å². The van der Waals surface area contributed by atoms with Crippen LogP contribution in [0.4, 0.5) is 5.95 Å². The van der Waals surface area contributed by atoms with E-state index in [9.17, 15) is 0 Å². The summed E-state index contributed by atoms with van der Waals surface area (Å²) in [7, 11) is 1.63. The fourth-order valence-electron chi connectivity index (χ4n) is 2.68. The van der Waals surface area contributed by atoms with Gasteiger partial charge in [0, 0.05) is 6.04 Å². The highest BCUT2D eigenvalue weighted by atomic mass is 16.5. The van der Waals surface area contributed by atoms with Gasteiger partial charge in [0.25, 0.3) is 0 Å². The van der Waals surface area contributed by atoms with Crippen molar-refractivity contribution < 1.29 is 4.74 Å². The van der Waals surface area contributed by atoms with Gasteiger partial charge in [0.1, 0.15) is 0 Å². The Hall–Kier alpha value is -1.32. The highest BCUT2D eigenvalue weighted by molar-refractivity contribution is 5.28. The molecule has 1 N–H and O–H groups in total. The average Bonchev–Trinajstić information content (AvgIpc) is 2.42. The summed E-state index contributed by atoms with van der Waals surface area (Å²) in [5.74, 6) is 2.35. The predicted octanol–water partition coefficient (Wildman–Crippen LogP) is 3.26. The SMILES string of the molecule is CCCC1CCC(Nc2ncc(OC)cn2)CC1. The molecule has 1 aromatic heterocycles. The Morgan fingerprint density at radius 2 is 1.89 bits per heavy atom. The molecule has 0 unspecified atom stereocenters. The summed E-state index contributed by atoms with van der Waals surface area (Å²) in [6.45, 7) is 2.27. The summed E-state index contributed by atoms with van der Waals surface area (Å²) < 4.78 is 5.05. The van der Waals surface area contributed by atoms with Crippen LogP contribution in [0.15, 0.2) is 12.4 Å². The molecule has 0 bridgehead atoms. The maximum atomic E-state index is 5.05. The molecule has 0 aliphatic heterocycles. The van der Waals surface area contributed by atoms with Crippen LogP contribution in [0.2, 0.25) is 0 Å². The van der Waals surface area contributed by atoms with Crippen molar-refractivity contribution in [1.82, 2.24) is 9.97 Å². The zero-order valence-corrected chi connectivity index (χ0v) is 11.4. The summed E-state index contributed by atoms with van der Waals surface area (Å²) in [5, 5.41) is 3.42. The molecule has 2 rings (SSSR count). The normalized spacial score (nSPS) is 23.7. The van der Waals surface area contributed by atoms with Gasteiger partial charge >= 0.3 is 0 Å². The van der Waals surface area contributed by atoms with Gasteiger partial charge in [-0.3, -0.25) is 0 Å². The van der Waals surface area contributed by atoms with Crippen molar-refractivity contribution >= 4 is 5.95 Å². The Kier molecular flexibility index (Phi) is 4.79. The van der Waals surface area contributed by atoms with Crippen molar-refractivity contribution in [2.75, 3.05) is 12.4 Å². The standard InChI is InChI=1S/C14H23N3O/c1-3-4-11-5-7-12(8-6-11)17-14-15-9-13(18-2)10-16-14/h9-12H,3-8H2,1-2H3,(H,15,16,17). The van der Waals surface area contributed by atoms with Crippen molar-refractivity contribution in [3.05, 3.63) is 12.4 Å². The minimum Gasteiger partial charge on any atom is -0.494 e. The lowest BCUT2D eigenvalue weighted by molar-refractivity contribution is 0.318. The molecule has 1 aliphatic carbocycles. The van der Waals surface area contributed by atoms with E-state index in [0.717, 1.165) is 11.9 Å². The van der Waals surface area contributed by atoms with Gasteiger partial charge in [-0.05, 0) is 31.6 Å². The first-order valence-electron chi connectivity index (χ1n) is 6.94. The average molecular weight is 249 g/mol. The molecule has 1 aromatic rings. The minimum atomic E-state index is 0.534. The summed E-state index contributed by atoms with van der Waals surface area (Å²) in [5.41, 5.74) is 0. The van der Waals surface area contributed by atoms with E-state index in [1.54, 1.807) is 19.5 Å². The van der Waals surface area contributed by atoms with E-state index in [-0.39, 0.29) is 0 Å². The minimum absolute atomic E-state index is 0.534. The Labute approximate surface area is 109 Å². The van der Waals surface area contributed by atoms with Crippen LogP contribution in [0.3, 0.4) is 0 Å². The molecule has 1 fully saturated rings. The third kappa shape index (κ3) is 3.59. The molecule has 100 valence electrons. The third-order valence-corrected chi connectivity index (χ3v) is 3.74. The van der Waals surface area contributed by atoms with Crippen LogP contribution in [0.1, 0.15) is 45.4 Å². The van der Waals surface area contributed by atoms with Crippen molar-refractivity contribution in [2.24, 2.45) is 5.92 Å². The lowest BCUT2D eigenvalue weighted by Gasteiger charge is -2.28. The molecule has 4 heteroatoms. The van der Waals surface area contributed by atoms with E-state index < -0.39 is 0 Å². The van der Waals surface area contributed by atoms with E-state index in [4.69, 9.17) is 4.74 Å². The molecule has 1 saturated carbocycles. The number of ether oxygens (including phenoxy) is 1. The van der Waals surface area contributed by atoms with Crippen LogP contribution < -0.4 is 10.1 Å². The third-order valence-electron chi connectivity index (χ3n) is 3.74. The van der Waals surface area contributed by atoms with Crippen LogP contribution in [0.25, 0.3) is 0 Å². The Balaban J connectivity index is 1.80. The second-order valence-electron chi connectivity index (χ2n) is 5.10. The van der Waals surface area contributed by atoms with Crippen molar-refractivity contribution in [1.29, 1.82) is 0 Å². The van der Waals surface area contributed by atoms with E-state index in [0.29, 0.717) is 11.8 Å². The van der Waals surface area contributed by atoms with Crippen LogP contribution >= 0.6 is 0 Å². The molecule has 0 spiro atoms. The number of hydrogen-bond acceptors (Lipinski definition) is 4. The number of nitrogens with zero attached hydrogens (tertiary/aromatic N) is 2. The maximum Gasteiger partial charge on any atom is 0.223 e. The van der Waals surface area contributed by atoms with Crippen LogP contribution in [-0.4, -0.2) is 23.1 Å². The fraction of sp³-hybridized carbons (Fsp3) is 0.714. The van der Waals surface area contributed by atoms with Crippen molar-refractivity contribution in [3.8, 4) is 5.75 Å². The predicted molar refractivity (Wildman–Crippen MR) is 72.9 cm³/mol. The monoisotopic (exact) mass is 249 g/mol. The number of aromatic nitrogens is 2. The van der Waals surface area contributed by atoms with E-state index in [1.165, 1.54) is 38.5 Å². The first-order valence-corrected chi connectivity index (χ1v) is 6.94. The summed E-state index contributed by atoms with van der Waals surface area (Å²) in [6, 6.07) is 0.534. The number of hydrogen-bond donors (Lipinski definition) is 1. The van der Waals surface area contributed by atoms with Gasteiger partial charge in [-0.2, -0.15) is 0 Å². The summed E-state index contributed by atoms with van der Waals surface area (Å²) in [4.78, 5) is 8.50. The van der Waals surface area contributed by atoms with Gasteiger partial charge in [-0.1, -0.05) is 19.8 Å². The number of rotatable bonds is 5. The molecular formula is C14H23N3O. The maximum absolute atomic E-state index is 5.05. The second kappa shape index (κ2) is 6.57. The molecule has 0 radical (unpaired) electrons. The smallest absolute Gasteiger partial charge is 0.223 e. The number of anilines is 1. The largest absolute Gasteiger partial charge is 0.494 e. The quantitative estimate of drug-likeness (QED) is 0.870. The highest BCUT2D eigenvalue weighted by Crippen LogP contribution is 2.28.